The molecule has 2 aromatic carbocycles. The van der Waals surface area contributed by atoms with Gasteiger partial charge in [0.05, 0.1) is 27.7 Å². The maximum absolute atomic E-state index is 13.9. The van der Waals surface area contributed by atoms with E-state index in [0.29, 0.717) is 29.3 Å². The van der Waals surface area contributed by atoms with E-state index in [2.05, 4.69) is 25.9 Å². The second-order valence-corrected chi connectivity index (χ2v) is 8.60. The molecule has 0 aliphatic carbocycles. The van der Waals surface area contributed by atoms with Crippen molar-refractivity contribution >= 4 is 45.9 Å². The molecule has 0 saturated carbocycles. The fourth-order valence-corrected chi connectivity index (χ4v) is 4.13. The molecule has 4 rings (SSSR count). The average molecular weight is 518 g/mol. The molecule has 0 radical (unpaired) electrons. The number of nitrogens with zero attached hydrogens (tertiary/aromatic N) is 5. The molecule has 4 aromatic rings. The number of fused-ring (bicyclic) bond motifs is 1. The van der Waals surface area contributed by atoms with E-state index in [-0.39, 0.29) is 39.2 Å². The number of nitriles is 1. The summed E-state index contributed by atoms with van der Waals surface area (Å²) in [7, 11) is 0. The molecule has 0 aliphatic heterocycles. The van der Waals surface area contributed by atoms with Crippen molar-refractivity contribution in [3.63, 3.8) is 0 Å². The molecule has 0 spiro atoms. The Morgan fingerprint density at radius 3 is 2.78 bits per heavy atom. The largest absolute Gasteiger partial charge is 0.382 e. The summed E-state index contributed by atoms with van der Waals surface area (Å²) in [6.45, 7) is 5.89. The number of nitrogens with two attached hydrogens (primary N) is 1. The second-order valence-electron chi connectivity index (χ2n) is 8.19. The number of halogens is 1. The van der Waals surface area contributed by atoms with Crippen LogP contribution in [-0.4, -0.2) is 32.1 Å². The van der Waals surface area contributed by atoms with Crippen LogP contribution in [0.15, 0.2) is 47.5 Å². The SMILES string of the molecule is CCNC(=O)Nc1ccc(C)c(-n2c(C(C)Nc3ncnc(N)c3C#N)nc3cccc(Cl)c3c2=O)c1. The van der Waals surface area contributed by atoms with Gasteiger partial charge in [-0.15, -0.1) is 0 Å². The molecular weight excluding hydrogens is 494 g/mol. The smallest absolute Gasteiger partial charge is 0.319 e. The Morgan fingerprint density at radius 1 is 1.27 bits per heavy atom. The van der Waals surface area contributed by atoms with Gasteiger partial charge in [-0.2, -0.15) is 5.26 Å². The summed E-state index contributed by atoms with van der Waals surface area (Å²) in [6.07, 6.45) is 1.24. The third-order valence-electron chi connectivity index (χ3n) is 5.65. The molecule has 0 fully saturated rings. The van der Waals surface area contributed by atoms with Crippen LogP contribution in [0.3, 0.4) is 0 Å². The van der Waals surface area contributed by atoms with E-state index >= 15 is 0 Å². The Labute approximate surface area is 217 Å². The number of nitrogen functional groups attached to an aromatic ring is 1. The first-order valence-electron chi connectivity index (χ1n) is 11.4. The van der Waals surface area contributed by atoms with Crippen LogP contribution in [0.25, 0.3) is 16.6 Å². The van der Waals surface area contributed by atoms with E-state index in [1.165, 1.54) is 10.9 Å². The monoisotopic (exact) mass is 517 g/mol. The summed E-state index contributed by atoms with van der Waals surface area (Å²) in [5, 5.41) is 18.6. The van der Waals surface area contributed by atoms with Crippen LogP contribution in [-0.2, 0) is 0 Å². The lowest BCUT2D eigenvalue weighted by Crippen LogP contribution is -2.29. The lowest BCUT2D eigenvalue weighted by Gasteiger charge is -2.22. The summed E-state index contributed by atoms with van der Waals surface area (Å²) >= 11 is 6.41. The van der Waals surface area contributed by atoms with Gasteiger partial charge in [0.2, 0.25) is 0 Å². The zero-order chi connectivity index (χ0) is 26.7. The van der Waals surface area contributed by atoms with Crippen LogP contribution < -0.4 is 27.2 Å². The number of aromatic nitrogens is 4. The summed E-state index contributed by atoms with van der Waals surface area (Å²) in [5.41, 5.74) is 7.69. The zero-order valence-corrected chi connectivity index (χ0v) is 21.1. The van der Waals surface area contributed by atoms with Gasteiger partial charge in [0.25, 0.3) is 5.56 Å². The number of benzene rings is 2. The normalized spacial score (nSPS) is 11.5. The third-order valence-corrected chi connectivity index (χ3v) is 5.96. The van der Waals surface area contributed by atoms with Gasteiger partial charge in [0.1, 0.15) is 35.4 Å². The van der Waals surface area contributed by atoms with Gasteiger partial charge < -0.3 is 21.7 Å². The Morgan fingerprint density at radius 2 is 2.05 bits per heavy atom. The lowest BCUT2D eigenvalue weighted by atomic mass is 10.1. The van der Waals surface area contributed by atoms with Gasteiger partial charge in [-0.05, 0) is 50.6 Å². The molecule has 2 amide bonds. The molecule has 0 aliphatic rings. The van der Waals surface area contributed by atoms with Crippen molar-refractivity contribution in [2.24, 2.45) is 0 Å². The molecule has 188 valence electrons. The van der Waals surface area contributed by atoms with E-state index in [1.54, 1.807) is 43.3 Å². The van der Waals surface area contributed by atoms with Crippen molar-refractivity contribution in [1.29, 1.82) is 5.26 Å². The minimum atomic E-state index is -0.614. The zero-order valence-electron chi connectivity index (χ0n) is 20.3. The maximum atomic E-state index is 13.9. The standard InChI is InChI=1S/C25H24ClN9O2/c1-4-29-25(37)33-15-9-8-13(2)19(10-15)35-23(34-18-7-5-6-17(26)20(18)24(35)36)14(3)32-22-16(11-27)21(28)30-12-31-22/h5-10,12,14H,4H2,1-3H3,(H2,29,33,37)(H3,28,30,31,32). The van der Waals surface area contributed by atoms with Gasteiger partial charge in [-0.25, -0.2) is 19.7 Å². The second kappa shape index (κ2) is 10.5. The van der Waals surface area contributed by atoms with Gasteiger partial charge >= 0.3 is 6.03 Å². The Hall–Kier alpha value is -4.69. The maximum Gasteiger partial charge on any atom is 0.319 e. The van der Waals surface area contributed by atoms with Crippen molar-refractivity contribution in [1.82, 2.24) is 24.8 Å². The molecule has 12 heteroatoms. The molecule has 1 unspecified atom stereocenters. The van der Waals surface area contributed by atoms with Crippen LogP contribution in [0.1, 0.15) is 36.8 Å². The first kappa shape index (κ1) is 25.4. The minimum absolute atomic E-state index is 0.0304. The van der Waals surface area contributed by atoms with Crippen molar-refractivity contribution in [2.75, 3.05) is 22.9 Å². The fraction of sp³-hybridized carbons (Fsp3) is 0.200. The first-order valence-corrected chi connectivity index (χ1v) is 11.8. The molecule has 5 N–H and O–H groups in total. The van der Waals surface area contributed by atoms with E-state index in [1.807, 2.05) is 19.9 Å². The molecule has 11 nitrogen and oxygen atoms in total. The number of nitrogens with one attached hydrogen (secondary N) is 3. The molecular formula is C25H24ClN9O2. The van der Waals surface area contributed by atoms with Crippen molar-refractivity contribution in [3.8, 4) is 11.8 Å². The number of hydrogen-bond donors (Lipinski definition) is 4. The van der Waals surface area contributed by atoms with E-state index in [0.717, 1.165) is 5.56 Å². The summed E-state index contributed by atoms with van der Waals surface area (Å²) in [4.78, 5) is 38.8. The van der Waals surface area contributed by atoms with Crippen LogP contribution in [0, 0.1) is 18.3 Å². The van der Waals surface area contributed by atoms with E-state index in [9.17, 15) is 14.9 Å². The predicted octanol–water partition coefficient (Wildman–Crippen LogP) is 3.91. The number of amides is 2. The van der Waals surface area contributed by atoms with Crippen LogP contribution in [0.5, 0.6) is 0 Å². The van der Waals surface area contributed by atoms with Gasteiger partial charge in [0, 0.05) is 12.2 Å². The Bertz CT molecular complexity index is 1610. The summed E-state index contributed by atoms with van der Waals surface area (Å²) in [5.74, 6) is 0.569. The van der Waals surface area contributed by atoms with Crippen LogP contribution >= 0.6 is 11.6 Å². The van der Waals surface area contributed by atoms with Crippen molar-refractivity contribution < 1.29 is 4.79 Å². The fourth-order valence-electron chi connectivity index (χ4n) is 3.88. The average Bonchev–Trinajstić information content (AvgIpc) is 2.85. The highest BCUT2D eigenvalue weighted by molar-refractivity contribution is 6.35. The lowest BCUT2D eigenvalue weighted by molar-refractivity contribution is 0.252. The van der Waals surface area contributed by atoms with Crippen molar-refractivity contribution in [3.05, 3.63) is 75.1 Å². The molecule has 1 atom stereocenters. The molecule has 0 bridgehead atoms. The summed E-state index contributed by atoms with van der Waals surface area (Å²) in [6, 6.07) is 11.3. The first-order chi connectivity index (χ1) is 17.7. The van der Waals surface area contributed by atoms with E-state index < -0.39 is 6.04 Å². The number of rotatable bonds is 6. The van der Waals surface area contributed by atoms with Crippen molar-refractivity contribution in [2.45, 2.75) is 26.8 Å². The highest BCUT2D eigenvalue weighted by Gasteiger charge is 2.22. The Kier molecular flexibility index (Phi) is 7.22. The minimum Gasteiger partial charge on any atom is -0.382 e. The molecule has 2 heterocycles. The number of carbonyl (C=O) groups excluding carboxylic acids is 1. The van der Waals surface area contributed by atoms with E-state index in [4.69, 9.17) is 22.3 Å². The topological polar surface area (TPSA) is 164 Å². The number of hydrogen-bond acceptors (Lipinski definition) is 8. The number of carbonyl (C=O) groups is 1. The summed E-state index contributed by atoms with van der Waals surface area (Å²) < 4.78 is 1.45. The van der Waals surface area contributed by atoms with Crippen LogP contribution in [0.4, 0.5) is 22.1 Å². The molecule has 2 aromatic heterocycles. The quantitative estimate of drug-likeness (QED) is 0.299. The van der Waals surface area contributed by atoms with Gasteiger partial charge in [0.15, 0.2) is 0 Å². The van der Waals surface area contributed by atoms with Crippen LogP contribution in [0.2, 0.25) is 5.02 Å². The number of anilines is 3. The number of urea groups is 1. The molecule has 37 heavy (non-hydrogen) atoms. The van der Waals surface area contributed by atoms with Gasteiger partial charge in [-0.1, -0.05) is 23.7 Å². The highest BCUT2D eigenvalue weighted by Crippen LogP contribution is 2.28. The Balaban J connectivity index is 1.93. The van der Waals surface area contributed by atoms with Gasteiger partial charge in [-0.3, -0.25) is 9.36 Å². The predicted molar refractivity (Wildman–Crippen MR) is 143 cm³/mol. The number of aryl methyl sites for hydroxylation is 1. The third kappa shape index (κ3) is 5.00. The molecule has 0 saturated heterocycles. The highest BCUT2D eigenvalue weighted by atomic mass is 35.5.